The normalized spacial score (nSPS) is 12.7. The van der Waals surface area contributed by atoms with Crippen molar-refractivity contribution in [1.29, 1.82) is 0 Å². The minimum Gasteiger partial charge on any atom is -0.462 e. The highest BCUT2D eigenvalue weighted by molar-refractivity contribution is 5.75. The summed E-state index contributed by atoms with van der Waals surface area (Å²) in [5.41, 5.74) is 1.10. The van der Waals surface area contributed by atoms with Crippen LogP contribution in [0, 0.1) is 5.41 Å². The highest BCUT2D eigenvalue weighted by Gasteiger charge is 2.28. The highest BCUT2D eigenvalue weighted by atomic mass is 17.2. The molecule has 0 radical (unpaired) electrons. The van der Waals surface area contributed by atoms with Crippen molar-refractivity contribution in [2.45, 2.75) is 47.1 Å². The summed E-state index contributed by atoms with van der Waals surface area (Å²) in [6.07, 6.45) is 0.0814. The van der Waals surface area contributed by atoms with Gasteiger partial charge in [0.2, 0.25) is 0 Å². The standard InChI is InChI=1S/C17H30O6/c1-8-17(6,7)16(18)19-11-15(23-22-10-14(4)5)12-21-20-9-13(2)3/h15H,2,4,8-12H2,1,3,5-7H3. The molecule has 0 saturated heterocycles. The molecular weight excluding hydrogens is 300 g/mol. The van der Waals surface area contributed by atoms with Gasteiger partial charge in [-0.25, -0.2) is 19.6 Å². The van der Waals surface area contributed by atoms with E-state index in [1.807, 2.05) is 34.6 Å². The summed E-state index contributed by atoms with van der Waals surface area (Å²) in [7, 11) is 0. The zero-order valence-corrected chi connectivity index (χ0v) is 15.0. The summed E-state index contributed by atoms with van der Waals surface area (Å²) in [6, 6.07) is 0. The van der Waals surface area contributed by atoms with Crippen molar-refractivity contribution in [2.75, 3.05) is 26.4 Å². The smallest absolute Gasteiger partial charge is 0.311 e. The van der Waals surface area contributed by atoms with Crippen LogP contribution in [0.5, 0.6) is 0 Å². The van der Waals surface area contributed by atoms with Gasteiger partial charge in [-0.2, -0.15) is 0 Å². The Balaban J connectivity index is 4.32. The maximum absolute atomic E-state index is 12.0. The number of hydrogen-bond donors (Lipinski definition) is 0. The van der Waals surface area contributed by atoms with Crippen molar-refractivity contribution in [1.82, 2.24) is 0 Å². The number of esters is 1. The van der Waals surface area contributed by atoms with Crippen LogP contribution in [0.15, 0.2) is 24.3 Å². The van der Waals surface area contributed by atoms with Gasteiger partial charge in [0.15, 0.2) is 6.10 Å². The number of hydrogen-bond acceptors (Lipinski definition) is 6. The fourth-order valence-electron chi connectivity index (χ4n) is 1.11. The van der Waals surface area contributed by atoms with Gasteiger partial charge in [-0.1, -0.05) is 31.2 Å². The molecule has 134 valence electrons. The molecule has 0 N–H and O–H groups in total. The van der Waals surface area contributed by atoms with E-state index in [9.17, 15) is 4.79 Å². The maximum Gasteiger partial charge on any atom is 0.311 e. The molecule has 23 heavy (non-hydrogen) atoms. The van der Waals surface area contributed by atoms with Crippen molar-refractivity contribution in [2.24, 2.45) is 5.41 Å². The van der Waals surface area contributed by atoms with Gasteiger partial charge in [0.25, 0.3) is 0 Å². The molecule has 0 rings (SSSR count). The second-order valence-electron chi connectivity index (χ2n) is 6.28. The first-order chi connectivity index (χ1) is 10.7. The van der Waals surface area contributed by atoms with Gasteiger partial charge in [-0.05, 0) is 34.1 Å². The summed E-state index contributed by atoms with van der Waals surface area (Å²) in [5.74, 6) is -0.295. The predicted octanol–water partition coefficient (Wildman–Crippen LogP) is 3.38. The molecule has 0 heterocycles. The summed E-state index contributed by atoms with van der Waals surface area (Å²) >= 11 is 0. The SMILES string of the molecule is C=C(C)COOCC(COC(=O)C(C)(C)CC)OOCC(=C)C. The van der Waals surface area contributed by atoms with Gasteiger partial charge < -0.3 is 4.74 Å². The third-order valence-electron chi connectivity index (χ3n) is 2.99. The summed E-state index contributed by atoms with van der Waals surface area (Å²) in [5, 5.41) is 0. The van der Waals surface area contributed by atoms with Crippen LogP contribution in [-0.4, -0.2) is 38.5 Å². The Morgan fingerprint density at radius 3 is 2.09 bits per heavy atom. The van der Waals surface area contributed by atoms with Gasteiger partial charge >= 0.3 is 5.97 Å². The Morgan fingerprint density at radius 2 is 1.57 bits per heavy atom. The van der Waals surface area contributed by atoms with E-state index in [-0.39, 0.29) is 32.4 Å². The van der Waals surface area contributed by atoms with Gasteiger partial charge in [0.1, 0.15) is 26.4 Å². The van der Waals surface area contributed by atoms with Crippen molar-refractivity contribution < 1.29 is 29.1 Å². The van der Waals surface area contributed by atoms with Crippen molar-refractivity contribution >= 4 is 5.97 Å². The number of carbonyl (C=O) groups excluding carboxylic acids is 1. The van der Waals surface area contributed by atoms with E-state index in [4.69, 9.17) is 24.3 Å². The fraction of sp³-hybridized carbons (Fsp3) is 0.706. The average Bonchev–Trinajstić information content (AvgIpc) is 2.47. The summed E-state index contributed by atoms with van der Waals surface area (Å²) in [6.45, 7) is 17.2. The van der Waals surface area contributed by atoms with Crippen molar-refractivity contribution in [3.8, 4) is 0 Å². The molecule has 0 aliphatic rings. The average molecular weight is 330 g/mol. The lowest BCUT2D eigenvalue weighted by atomic mass is 9.91. The van der Waals surface area contributed by atoms with Crippen LogP contribution in [0.1, 0.15) is 41.0 Å². The molecule has 0 saturated carbocycles. The molecule has 0 aromatic heterocycles. The van der Waals surface area contributed by atoms with Gasteiger partial charge in [-0.15, -0.1) is 0 Å². The molecule has 0 spiro atoms. The first kappa shape index (κ1) is 21.8. The predicted molar refractivity (Wildman–Crippen MR) is 87.4 cm³/mol. The van der Waals surface area contributed by atoms with E-state index in [1.54, 1.807) is 0 Å². The number of rotatable bonds is 13. The lowest BCUT2D eigenvalue weighted by Crippen LogP contribution is -2.32. The van der Waals surface area contributed by atoms with Gasteiger partial charge in [0, 0.05) is 0 Å². The maximum atomic E-state index is 12.0. The Hall–Kier alpha value is -1.21. The molecule has 6 heteroatoms. The second-order valence-corrected chi connectivity index (χ2v) is 6.28. The van der Waals surface area contributed by atoms with E-state index in [0.29, 0.717) is 6.42 Å². The summed E-state index contributed by atoms with van der Waals surface area (Å²) < 4.78 is 5.28. The molecule has 6 nitrogen and oxygen atoms in total. The van der Waals surface area contributed by atoms with Crippen LogP contribution in [-0.2, 0) is 29.1 Å². The van der Waals surface area contributed by atoms with Crippen LogP contribution in [0.25, 0.3) is 0 Å². The Morgan fingerprint density at radius 1 is 1.00 bits per heavy atom. The molecule has 1 atom stereocenters. The van der Waals surface area contributed by atoms with Crippen LogP contribution in [0.3, 0.4) is 0 Å². The molecule has 0 fully saturated rings. The van der Waals surface area contributed by atoms with Crippen LogP contribution < -0.4 is 0 Å². The van der Waals surface area contributed by atoms with Gasteiger partial charge in [0.05, 0.1) is 5.41 Å². The minimum absolute atomic E-state index is 0.00881. The molecule has 0 aliphatic heterocycles. The highest BCUT2D eigenvalue weighted by Crippen LogP contribution is 2.21. The first-order valence-corrected chi connectivity index (χ1v) is 7.67. The zero-order chi connectivity index (χ0) is 17.9. The lowest BCUT2D eigenvalue weighted by molar-refractivity contribution is -0.364. The van der Waals surface area contributed by atoms with Crippen molar-refractivity contribution in [3.63, 3.8) is 0 Å². The van der Waals surface area contributed by atoms with Crippen LogP contribution in [0.4, 0.5) is 0 Å². The van der Waals surface area contributed by atoms with E-state index < -0.39 is 11.5 Å². The van der Waals surface area contributed by atoms with Crippen LogP contribution >= 0.6 is 0 Å². The van der Waals surface area contributed by atoms with E-state index >= 15 is 0 Å². The Kier molecular flexibility index (Phi) is 10.7. The summed E-state index contributed by atoms with van der Waals surface area (Å²) in [4.78, 5) is 32.2. The molecule has 0 aliphatic carbocycles. The van der Waals surface area contributed by atoms with E-state index in [0.717, 1.165) is 11.1 Å². The van der Waals surface area contributed by atoms with Crippen molar-refractivity contribution in [3.05, 3.63) is 24.3 Å². The molecule has 0 amide bonds. The molecule has 1 unspecified atom stereocenters. The fourth-order valence-corrected chi connectivity index (χ4v) is 1.11. The third-order valence-corrected chi connectivity index (χ3v) is 2.99. The largest absolute Gasteiger partial charge is 0.462 e. The zero-order valence-electron chi connectivity index (χ0n) is 15.0. The Labute approximate surface area is 139 Å². The number of carbonyl (C=O) groups is 1. The topological polar surface area (TPSA) is 63.2 Å². The van der Waals surface area contributed by atoms with Crippen LogP contribution in [0.2, 0.25) is 0 Å². The first-order valence-electron chi connectivity index (χ1n) is 7.67. The second kappa shape index (κ2) is 11.3. The molecule has 0 aromatic carbocycles. The molecule has 0 aromatic rings. The monoisotopic (exact) mass is 330 g/mol. The van der Waals surface area contributed by atoms with E-state index in [1.165, 1.54) is 0 Å². The Bertz CT molecular complexity index is 389. The quantitative estimate of drug-likeness (QED) is 0.170. The van der Waals surface area contributed by atoms with Gasteiger partial charge in [-0.3, -0.25) is 4.79 Å². The lowest BCUT2D eigenvalue weighted by Gasteiger charge is -2.22. The minimum atomic E-state index is -0.601. The number of ether oxygens (including phenoxy) is 1. The van der Waals surface area contributed by atoms with E-state index in [2.05, 4.69) is 13.2 Å². The molecular formula is C17H30O6. The molecule has 0 bridgehead atoms. The third kappa shape index (κ3) is 11.0.